The van der Waals surface area contributed by atoms with Gasteiger partial charge in [-0.1, -0.05) is 18.2 Å². The summed E-state index contributed by atoms with van der Waals surface area (Å²) in [6, 6.07) is 14.9. The van der Waals surface area contributed by atoms with Crippen LogP contribution in [0.2, 0.25) is 0 Å². The Morgan fingerprint density at radius 2 is 1.68 bits per heavy atom. The second-order valence-electron chi connectivity index (χ2n) is 5.81. The number of nitrogens with zero attached hydrogens (tertiary/aromatic N) is 1. The Morgan fingerprint density at radius 3 is 2.24 bits per heavy atom. The fourth-order valence-electron chi connectivity index (χ4n) is 2.15. The summed E-state index contributed by atoms with van der Waals surface area (Å²) in [4.78, 5) is 12.3. The molecule has 2 aromatic rings. The van der Waals surface area contributed by atoms with Crippen LogP contribution in [-0.4, -0.2) is 38.3 Å². The molecule has 7 heteroatoms. The zero-order valence-corrected chi connectivity index (χ0v) is 15.3. The van der Waals surface area contributed by atoms with E-state index in [1.807, 2.05) is 13.8 Å². The third kappa shape index (κ3) is 5.30. The van der Waals surface area contributed by atoms with Crippen molar-refractivity contribution >= 4 is 21.6 Å². The van der Waals surface area contributed by atoms with Crippen molar-refractivity contribution in [1.29, 1.82) is 0 Å². The summed E-state index contributed by atoms with van der Waals surface area (Å²) in [7, 11) is -2.32. The molecule has 134 valence electrons. The lowest BCUT2D eigenvalue weighted by Gasteiger charge is -2.17. The average molecular weight is 362 g/mol. The minimum absolute atomic E-state index is 0.0669. The van der Waals surface area contributed by atoms with Gasteiger partial charge >= 0.3 is 0 Å². The molecule has 0 fully saturated rings. The first-order valence-electron chi connectivity index (χ1n) is 7.87. The Kier molecular flexibility index (Phi) is 6.17. The van der Waals surface area contributed by atoms with Crippen molar-refractivity contribution in [3.63, 3.8) is 0 Å². The second-order valence-corrected chi connectivity index (χ2v) is 7.86. The van der Waals surface area contributed by atoms with Gasteiger partial charge in [0.15, 0.2) is 0 Å². The van der Waals surface area contributed by atoms with Crippen LogP contribution in [0.3, 0.4) is 0 Å². The average Bonchev–Trinajstić information content (AvgIpc) is 2.57. The van der Waals surface area contributed by atoms with Gasteiger partial charge in [-0.25, -0.2) is 8.42 Å². The van der Waals surface area contributed by atoms with Crippen LogP contribution in [-0.2, 0) is 14.8 Å². The number of anilines is 1. The smallest absolute Gasteiger partial charge is 0.243 e. The van der Waals surface area contributed by atoms with Gasteiger partial charge in [-0.3, -0.25) is 4.79 Å². The molecule has 0 spiro atoms. The van der Waals surface area contributed by atoms with Crippen LogP contribution < -0.4 is 10.1 Å². The van der Waals surface area contributed by atoms with Crippen LogP contribution in [0, 0.1) is 0 Å². The molecule has 0 saturated carbocycles. The van der Waals surface area contributed by atoms with Crippen molar-refractivity contribution in [1.82, 2.24) is 4.31 Å². The lowest BCUT2D eigenvalue weighted by atomic mass is 10.3. The molecule has 0 aliphatic heterocycles. The van der Waals surface area contributed by atoms with Gasteiger partial charge in [0.2, 0.25) is 15.9 Å². The summed E-state index contributed by atoms with van der Waals surface area (Å²) < 4.78 is 31.3. The molecule has 2 aromatic carbocycles. The normalized spacial score (nSPS) is 11.6. The highest BCUT2D eigenvalue weighted by Gasteiger charge is 2.22. The number of rotatable bonds is 7. The largest absolute Gasteiger partial charge is 0.491 e. The predicted molar refractivity (Wildman–Crippen MR) is 97.1 cm³/mol. The molecule has 0 radical (unpaired) electrons. The predicted octanol–water partition coefficient (Wildman–Crippen LogP) is 2.73. The van der Waals surface area contributed by atoms with E-state index in [-0.39, 0.29) is 17.5 Å². The summed E-state index contributed by atoms with van der Waals surface area (Å²) in [5.41, 5.74) is 0.576. The van der Waals surface area contributed by atoms with Crippen LogP contribution in [0.4, 0.5) is 5.69 Å². The van der Waals surface area contributed by atoms with Crippen molar-refractivity contribution in [3.8, 4) is 5.75 Å². The maximum Gasteiger partial charge on any atom is 0.243 e. The van der Waals surface area contributed by atoms with Crippen molar-refractivity contribution in [2.45, 2.75) is 24.8 Å². The third-order valence-electron chi connectivity index (χ3n) is 3.33. The highest BCUT2D eigenvalue weighted by Crippen LogP contribution is 2.17. The van der Waals surface area contributed by atoms with E-state index in [1.165, 1.54) is 19.2 Å². The Labute approximate surface area is 148 Å². The summed E-state index contributed by atoms with van der Waals surface area (Å²) >= 11 is 0. The van der Waals surface area contributed by atoms with E-state index in [1.54, 1.807) is 42.5 Å². The van der Waals surface area contributed by atoms with Crippen LogP contribution in [0.25, 0.3) is 0 Å². The topological polar surface area (TPSA) is 75.7 Å². The number of sulfonamides is 1. The molecule has 0 saturated heterocycles. The van der Waals surface area contributed by atoms with E-state index < -0.39 is 15.9 Å². The number of amides is 1. The molecule has 0 bridgehead atoms. The molecular weight excluding hydrogens is 340 g/mol. The minimum Gasteiger partial charge on any atom is -0.491 e. The number of hydrogen-bond donors (Lipinski definition) is 1. The standard InChI is InChI=1S/C18H22N2O4S/c1-14(2)24-16-11-9-15(10-12-16)19-18(21)13-20(3)25(22,23)17-7-5-4-6-8-17/h4-12,14H,13H2,1-3H3,(H,19,21). The Morgan fingerprint density at radius 1 is 1.08 bits per heavy atom. The molecule has 0 aliphatic rings. The quantitative estimate of drug-likeness (QED) is 0.822. The summed E-state index contributed by atoms with van der Waals surface area (Å²) in [6.07, 6.45) is 0.0669. The summed E-state index contributed by atoms with van der Waals surface area (Å²) in [5.74, 6) is 0.288. The molecule has 0 heterocycles. The zero-order valence-electron chi connectivity index (χ0n) is 14.5. The Bertz CT molecular complexity index is 803. The number of carbonyl (C=O) groups excluding carboxylic acids is 1. The highest BCUT2D eigenvalue weighted by molar-refractivity contribution is 7.89. The van der Waals surface area contributed by atoms with Crippen molar-refractivity contribution in [2.24, 2.45) is 0 Å². The molecule has 1 N–H and O–H groups in total. The van der Waals surface area contributed by atoms with Crippen LogP contribution in [0.1, 0.15) is 13.8 Å². The second kappa shape index (κ2) is 8.13. The molecule has 0 unspecified atom stereocenters. The lowest BCUT2D eigenvalue weighted by molar-refractivity contribution is -0.116. The Balaban J connectivity index is 1.97. The van der Waals surface area contributed by atoms with Gasteiger partial charge in [-0.05, 0) is 50.2 Å². The lowest BCUT2D eigenvalue weighted by Crippen LogP contribution is -2.34. The molecule has 25 heavy (non-hydrogen) atoms. The minimum atomic E-state index is -3.69. The van der Waals surface area contributed by atoms with E-state index in [0.717, 1.165) is 4.31 Å². The molecule has 0 aromatic heterocycles. The van der Waals surface area contributed by atoms with Gasteiger partial charge in [0.25, 0.3) is 0 Å². The van der Waals surface area contributed by atoms with Crippen molar-refractivity contribution in [2.75, 3.05) is 18.9 Å². The molecule has 2 rings (SSSR count). The maximum absolute atomic E-state index is 12.4. The fourth-order valence-corrected chi connectivity index (χ4v) is 3.30. The fraction of sp³-hybridized carbons (Fsp3) is 0.278. The number of nitrogens with one attached hydrogen (secondary N) is 1. The number of ether oxygens (including phenoxy) is 1. The van der Waals surface area contributed by atoms with Gasteiger partial charge in [0.05, 0.1) is 17.5 Å². The van der Waals surface area contributed by atoms with E-state index in [4.69, 9.17) is 4.74 Å². The van der Waals surface area contributed by atoms with Crippen molar-refractivity contribution < 1.29 is 17.9 Å². The van der Waals surface area contributed by atoms with Crippen LogP contribution in [0.5, 0.6) is 5.75 Å². The van der Waals surface area contributed by atoms with E-state index >= 15 is 0 Å². The van der Waals surface area contributed by atoms with Gasteiger partial charge in [-0.2, -0.15) is 4.31 Å². The van der Waals surface area contributed by atoms with Gasteiger partial charge in [-0.15, -0.1) is 0 Å². The summed E-state index contributed by atoms with van der Waals surface area (Å²) in [5, 5.41) is 2.68. The van der Waals surface area contributed by atoms with E-state index in [0.29, 0.717) is 11.4 Å². The Hall–Kier alpha value is -2.38. The van der Waals surface area contributed by atoms with Crippen LogP contribution in [0.15, 0.2) is 59.5 Å². The monoisotopic (exact) mass is 362 g/mol. The molecule has 6 nitrogen and oxygen atoms in total. The molecular formula is C18H22N2O4S. The van der Waals surface area contributed by atoms with Crippen molar-refractivity contribution in [3.05, 3.63) is 54.6 Å². The SMILES string of the molecule is CC(C)Oc1ccc(NC(=O)CN(C)S(=O)(=O)c2ccccc2)cc1. The molecule has 0 atom stereocenters. The number of carbonyl (C=O) groups is 1. The van der Waals surface area contributed by atoms with E-state index in [2.05, 4.69) is 5.32 Å². The molecule has 1 amide bonds. The number of likely N-dealkylation sites (N-methyl/N-ethyl adjacent to an activating group) is 1. The van der Waals surface area contributed by atoms with Gasteiger partial charge < -0.3 is 10.1 Å². The highest BCUT2D eigenvalue weighted by atomic mass is 32.2. The van der Waals surface area contributed by atoms with E-state index in [9.17, 15) is 13.2 Å². The third-order valence-corrected chi connectivity index (χ3v) is 5.15. The maximum atomic E-state index is 12.4. The van der Waals surface area contributed by atoms with Gasteiger partial charge in [0.1, 0.15) is 5.75 Å². The number of hydrogen-bond acceptors (Lipinski definition) is 4. The first-order valence-corrected chi connectivity index (χ1v) is 9.31. The first-order chi connectivity index (χ1) is 11.8. The van der Waals surface area contributed by atoms with Gasteiger partial charge in [0, 0.05) is 12.7 Å². The van der Waals surface area contributed by atoms with Crippen LogP contribution >= 0.6 is 0 Å². The zero-order chi connectivity index (χ0) is 18.4. The first kappa shape index (κ1) is 19.0. The molecule has 0 aliphatic carbocycles. The summed E-state index contributed by atoms with van der Waals surface area (Å²) in [6.45, 7) is 3.58. The number of benzene rings is 2.